The number of ketones is 1. The fourth-order valence-corrected chi connectivity index (χ4v) is 2.26. The van der Waals surface area contributed by atoms with Crippen molar-refractivity contribution < 1.29 is 14.6 Å². The summed E-state index contributed by atoms with van der Waals surface area (Å²) in [5.41, 5.74) is -0.896. The van der Waals surface area contributed by atoms with E-state index in [2.05, 4.69) is 18.2 Å². The Bertz CT molecular complexity index is 332. The average Bonchev–Trinajstić information content (AvgIpc) is 2.99. The van der Waals surface area contributed by atoms with Crippen molar-refractivity contribution in [3.05, 3.63) is 24.3 Å². The standard InChI is InChI=1S/C13H18O3/c1-2-3-4-5-6-7-8-13(15)9-10(14)11-12(13)16-11/h2-3,5-6,11-12,15H,4,7-9H2,1H3/b3-2+,6-5+/t11-,12-,13+/m0/s1. The van der Waals surface area contributed by atoms with Crippen LogP contribution >= 0.6 is 0 Å². The SMILES string of the molecule is C/C=C/C/C=C/CC[C@@]1(O)CC(=O)[C@@H]2O[C@@H]21. The first-order valence-corrected chi connectivity index (χ1v) is 5.84. The monoisotopic (exact) mass is 222 g/mol. The Labute approximate surface area is 95.8 Å². The minimum absolute atomic E-state index is 0.0606. The van der Waals surface area contributed by atoms with Crippen LogP contribution < -0.4 is 0 Å². The van der Waals surface area contributed by atoms with Crippen LogP contribution in [0.25, 0.3) is 0 Å². The van der Waals surface area contributed by atoms with Crippen LogP contribution in [0, 0.1) is 0 Å². The quantitative estimate of drug-likeness (QED) is 0.569. The van der Waals surface area contributed by atoms with Crippen molar-refractivity contribution in [3.8, 4) is 0 Å². The second kappa shape index (κ2) is 4.52. The van der Waals surface area contributed by atoms with Crippen LogP contribution in [0.5, 0.6) is 0 Å². The van der Waals surface area contributed by atoms with Crippen molar-refractivity contribution in [1.82, 2.24) is 0 Å². The number of carbonyl (C=O) groups is 1. The third-order valence-electron chi connectivity index (χ3n) is 3.24. The summed E-state index contributed by atoms with van der Waals surface area (Å²) in [6.07, 6.45) is 10.3. The van der Waals surface area contributed by atoms with Gasteiger partial charge in [0, 0.05) is 6.42 Å². The van der Waals surface area contributed by atoms with Gasteiger partial charge in [0.25, 0.3) is 0 Å². The average molecular weight is 222 g/mol. The molecule has 1 aliphatic heterocycles. The van der Waals surface area contributed by atoms with Crippen LogP contribution in [0.15, 0.2) is 24.3 Å². The maximum atomic E-state index is 11.3. The Morgan fingerprint density at radius 3 is 2.88 bits per heavy atom. The summed E-state index contributed by atoms with van der Waals surface area (Å²) >= 11 is 0. The van der Waals surface area contributed by atoms with Gasteiger partial charge in [-0.15, -0.1) is 0 Å². The van der Waals surface area contributed by atoms with Gasteiger partial charge in [0.15, 0.2) is 5.78 Å². The van der Waals surface area contributed by atoms with Gasteiger partial charge >= 0.3 is 0 Å². The van der Waals surface area contributed by atoms with Gasteiger partial charge < -0.3 is 9.84 Å². The third-order valence-corrected chi connectivity index (χ3v) is 3.24. The van der Waals surface area contributed by atoms with Crippen LogP contribution in [0.2, 0.25) is 0 Å². The van der Waals surface area contributed by atoms with Crippen LogP contribution in [-0.2, 0) is 9.53 Å². The van der Waals surface area contributed by atoms with Crippen LogP contribution in [0.4, 0.5) is 0 Å². The molecule has 1 aliphatic carbocycles. The lowest BCUT2D eigenvalue weighted by Crippen LogP contribution is -2.32. The first-order chi connectivity index (χ1) is 7.67. The molecule has 3 nitrogen and oxygen atoms in total. The predicted molar refractivity (Wildman–Crippen MR) is 61.0 cm³/mol. The Morgan fingerprint density at radius 1 is 1.50 bits per heavy atom. The van der Waals surface area contributed by atoms with Crippen molar-refractivity contribution in [1.29, 1.82) is 0 Å². The van der Waals surface area contributed by atoms with Gasteiger partial charge in [-0.1, -0.05) is 24.3 Å². The maximum Gasteiger partial charge on any atom is 0.167 e. The van der Waals surface area contributed by atoms with E-state index in [4.69, 9.17) is 4.74 Å². The predicted octanol–water partition coefficient (Wildman–Crippen LogP) is 1.76. The molecule has 0 spiro atoms. The van der Waals surface area contributed by atoms with Gasteiger partial charge in [-0.2, -0.15) is 0 Å². The lowest BCUT2D eigenvalue weighted by Gasteiger charge is -2.21. The maximum absolute atomic E-state index is 11.3. The number of allylic oxidation sites excluding steroid dienone is 4. The molecule has 1 saturated heterocycles. The van der Waals surface area contributed by atoms with E-state index in [0.717, 1.165) is 12.8 Å². The molecule has 2 fully saturated rings. The molecule has 16 heavy (non-hydrogen) atoms. The van der Waals surface area contributed by atoms with E-state index in [-0.39, 0.29) is 24.4 Å². The van der Waals surface area contributed by atoms with Crippen LogP contribution in [0.3, 0.4) is 0 Å². The highest BCUT2D eigenvalue weighted by Gasteiger charge is 2.64. The van der Waals surface area contributed by atoms with Crippen LogP contribution in [-0.4, -0.2) is 28.7 Å². The fourth-order valence-electron chi connectivity index (χ4n) is 2.26. The molecule has 0 radical (unpaired) electrons. The molecule has 1 heterocycles. The molecular weight excluding hydrogens is 204 g/mol. The van der Waals surface area contributed by atoms with E-state index in [1.807, 2.05) is 13.0 Å². The zero-order valence-electron chi connectivity index (χ0n) is 9.56. The number of epoxide rings is 1. The first kappa shape index (κ1) is 11.6. The number of hydrogen-bond acceptors (Lipinski definition) is 3. The molecular formula is C13H18O3. The summed E-state index contributed by atoms with van der Waals surface area (Å²) in [5, 5.41) is 10.2. The van der Waals surface area contributed by atoms with Crippen molar-refractivity contribution >= 4 is 5.78 Å². The fraction of sp³-hybridized carbons (Fsp3) is 0.615. The minimum Gasteiger partial charge on any atom is -0.387 e. The number of carbonyl (C=O) groups excluding carboxylic acids is 1. The highest BCUT2D eigenvalue weighted by Crippen LogP contribution is 2.45. The van der Waals surface area contributed by atoms with E-state index < -0.39 is 5.60 Å². The summed E-state index contributed by atoms with van der Waals surface area (Å²) in [5.74, 6) is 0.0606. The number of aliphatic hydroxyl groups is 1. The van der Waals surface area contributed by atoms with E-state index in [0.29, 0.717) is 6.42 Å². The van der Waals surface area contributed by atoms with Gasteiger partial charge in [-0.25, -0.2) is 0 Å². The molecule has 0 aromatic carbocycles. The van der Waals surface area contributed by atoms with Gasteiger partial charge in [0.1, 0.15) is 17.8 Å². The number of fused-ring (bicyclic) bond motifs is 1. The lowest BCUT2D eigenvalue weighted by atomic mass is 9.95. The highest BCUT2D eigenvalue weighted by atomic mass is 16.6. The number of ether oxygens (including phenoxy) is 1. The van der Waals surface area contributed by atoms with Gasteiger partial charge in [-0.05, 0) is 26.2 Å². The van der Waals surface area contributed by atoms with Crippen molar-refractivity contribution in [3.63, 3.8) is 0 Å². The van der Waals surface area contributed by atoms with E-state index in [1.165, 1.54) is 0 Å². The molecule has 1 saturated carbocycles. The summed E-state index contributed by atoms with van der Waals surface area (Å²) in [6.45, 7) is 1.99. The molecule has 3 heteroatoms. The number of rotatable bonds is 5. The smallest absolute Gasteiger partial charge is 0.167 e. The minimum atomic E-state index is -0.896. The lowest BCUT2D eigenvalue weighted by molar-refractivity contribution is -0.124. The highest BCUT2D eigenvalue weighted by molar-refractivity contribution is 5.90. The topological polar surface area (TPSA) is 49.8 Å². The zero-order valence-corrected chi connectivity index (χ0v) is 9.56. The molecule has 1 N–H and O–H groups in total. The summed E-state index contributed by atoms with van der Waals surface area (Å²) < 4.78 is 5.14. The molecule has 88 valence electrons. The summed E-state index contributed by atoms with van der Waals surface area (Å²) in [7, 11) is 0. The normalized spacial score (nSPS) is 37.5. The molecule has 2 rings (SSSR count). The Hall–Kier alpha value is -0.930. The summed E-state index contributed by atoms with van der Waals surface area (Å²) in [4.78, 5) is 11.3. The van der Waals surface area contributed by atoms with Crippen molar-refractivity contribution in [2.24, 2.45) is 0 Å². The van der Waals surface area contributed by atoms with Crippen LogP contribution in [0.1, 0.15) is 32.6 Å². The molecule has 0 aromatic rings. The first-order valence-electron chi connectivity index (χ1n) is 5.84. The zero-order chi connectivity index (χ0) is 11.6. The molecule has 0 bridgehead atoms. The molecule has 0 amide bonds. The molecule has 0 aromatic heterocycles. The van der Waals surface area contributed by atoms with Gasteiger partial charge in [-0.3, -0.25) is 4.79 Å². The third kappa shape index (κ3) is 2.25. The largest absolute Gasteiger partial charge is 0.387 e. The molecule has 3 atom stereocenters. The van der Waals surface area contributed by atoms with Crippen molar-refractivity contribution in [2.75, 3.05) is 0 Å². The Morgan fingerprint density at radius 2 is 2.31 bits per heavy atom. The molecule has 0 unspecified atom stereocenters. The second-order valence-corrected chi connectivity index (χ2v) is 4.54. The number of Topliss-reactive ketones (excluding diaryl/α,β-unsaturated/α-hetero) is 1. The number of hydrogen-bond donors (Lipinski definition) is 1. The Balaban J connectivity index is 1.74. The van der Waals surface area contributed by atoms with Gasteiger partial charge in [0.05, 0.1) is 0 Å². The van der Waals surface area contributed by atoms with Crippen molar-refractivity contribution in [2.45, 2.75) is 50.4 Å². The van der Waals surface area contributed by atoms with E-state index >= 15 is 0 Å². The molecule has 2 aliphatic rings. The Kier molecular flexibility index (Phi) is 3.26. The van der Waals surface area contributed by atoms with E-state index in [9.17, 15) is 9.90 Å². The van der Waals surface area contributed by atoms with E-state index in [1.54, 1.807) is 0 Å². The second-order valence-electron chi connectivity index (χ2n) is 4.54. The van der Waals surface area contributed by atoms with Gasteiger partial charge in [0.2, 0.25) is 0 Å². The summed E-state index contributed by atoms with van der Waals surface area (Å²) in [6, 6.07) is 0.